The fourth-order valence-corrected chi connectivity index (χ4v) is 4.70. The molecule has 0 saturated carbocycles. The van der Waals surface area contributed by atoms with E-state index in [0.717, 1.165) is 11.4 Å². The zero-order valence-electron chi connectivity index (χ0n) is 14.2. The summed E-state index contributed by atoms with van der Waals surface area (Å²) in [5.41, 5.74) is 4.38. The largest absolute Gasteiger partial charge is 0.247 e. The molecule has 1 heterocycles. The SMILES string of the molecule is C1=CC(c2ccccc2)(c2ccccc2)C=C2Sc3ccccc3N=C12. The Morgan fingerprint density at radius 3 is 2.00 bits per heavy atom. The smallest absolute Gasteiger partial charge is 0.0776 e. The minimum atomic E-state index is -0.268. The first-order valence-corrected chi connectivity index (χ1v) is 9.56. The zero-order chi connectivity index (χ0) is 17.4. The molecule has 0 saturated heterocycles. The maximum Gasteiger partial charge on any atom is 0.0776 e. The summed E-state index contributed by atoms with van der Waals surface area (Å²) in [4.78, 5) is 7.30. The van der Waals surface area contributed by atoms with Gasteiger partial charge in [0.1, 0.15) is 0 Å². The Balaban J connectivity index is 1.71. The van der Waals surface area contributed by atoms with Crippen molar-refractivity contribution in [1.29, 1.82) is 0 Å². The summed E-state index contributed by atoms with van der Waals surface area (Å²) in [6.07, 6.45) is 6.84. The molecular weight excluding hydrogens is 334 g/mol. The van der Waals surface area contributed by atoms with Gasteiger partial charge in [-0.25, -0.2) is 4.99 Å². The first-order valence-electron chi connectivity index (χ1n) is 8.74. The van der Waals surface area contributed by atoms with Crippen molar-refractivity contribution in [3.8, 4) is 0 Å². The average Bonchev–Trinajstić information content (AvgIpc) is 2.73. The van der Waals surface area contributed by atoms with E-state index >= 15 is 0 Å². The van der Waals surface area contributed by atoms with E-state index in [-0.39, 0.29) is 5.41 Å². The summed E-state index contributed by atoms with van der Waals surface area (Å²) in [5.74, 6) is 0. The summed E-state index contributed by atoms with van der Waals surface area (Å²) in [6.45, 7) is 0. The number of fused-ring (bicyclic) bond motifs is 2. The quantitative estimate of drug-likeness (QED) is 0.527. The first kappa shape index (κ1) is 15.4. The molecule has 0 radical (unpaired) electrons. The van der Waals surface area contributed by atoms with Gasteiger partial charge in [0.2, 0.25) is 0 Å². The second-order valence-electron chi connectivity index (χ2n) is 6.51. The van der Waals surface area contributed by atoms with Crippen molar-refractivity contribution in [2.24, 2.45) is 4.99 Å². The molecule has 0 N–H and O–H groups in total. The Labute approximate surface area is 157 Å². The number of hydrogen-bond donors (Lipinski definition) is 0. The third kappa shape index (κ3) is 2.46. The van der Waals surface area contributed by atoms with Crippen molar-refractivity contribution in [2.75, 3.05) is 0 Å². The summed E-state index contributed by atoms with van der Waals surface area (Å²) < 4.78 is 0. The van der Waals surface area contributed by atoms with Crippen LogP contribution < -0.4 is 0 Å². The molecule has 26 heavy (non-hydrogen) atoms. The van der Waals surface area contributed by atoms with E-state index in [1.54, 1.807) is 0 Å². The highest BCUT2D eigenvalue weighted by Gasteiger charge is 2.34. The van der Waals surface area contributed by atoms with E-state index in [2.05, 4.69) is 97.1 Å². The van der Waals surface area contributed by atoms with Crippen LogP contribution in [0.25, 0.3) is 0 Å². The van der Waals surface area contributed by atoms with Crippen LogP contribution in [0.15, 0.2) is 118 Å². The number of nitrogens with zero attached hydrogens (tertiary/aromatic N) is 1. The van der Waals surface area contributed by atoms with Crippen molar-refractivity contribution in [3.63, 3.8) is 0 Å². The molecule has 1 nitrogen and oxygen atoms in total. The van der Waals surface area contributed by atoms with Crippen LogP contribution >= 0.6 is 11.8 Å². The van der Waals surface area contributed by atoms with Gasteiger partial charge in [-0.2, -0.15) is 0 Å². The van der Waals surface area contributed by atoms with Gasteiger partial charge in [0.05, 0.1) is 16.8 Å². The van der Waals surface area contributed by atoms with Crippen molar-refractivity contribution in [3.05, 3.63) is 119 Å². The van der Waals surface area contributed by atoms with E-state index in [4.69, 9.17) is 4.99 Å². The number of rotatable bonds is 2. The van der Waals surface area contributed by atoms with Gasteiger partial charge >= 0.3 is 0 Å². The van der Waals surface area contributed by atoms with Crippen molar-refractivity contribution in [1.82, 2.24) is 0 Å². The lowest BCUT2D eigenvalue weighted by Gasteiger charge is -2.33. The lowest BCUT2D eigenvalue weighted by molar-refractivity contribution is 0.811. The number of benzene rings is 3. The van der Waals surface area contributed by atoms with Crippen LogP contribution in [0.4, 0.5) is 5.69 Å². The molecule has 0 spiro atoms. The molecule has 0 atom stereocenters. The Morgan fingerprint density at radius 1 is 0.692 bits per heavy atom. The third-order valence-electron chi connectivity index (χ3n) is 4.94. The van der Waals surface area contributed by atoms with Gasteiger partial charge < -0.3 is 0 Å². The van der Waals surface area contributed by atoms with Crippen molar-refractivity contribution in [2.45, 2.75) is 10.3 Å². The molecule has 2 heteroatoms. The molecule has 3 aromatic carbocycles. The monoisotopic (exact) mass is 351 g/mol. The molecule has 0 fully saturated rings. The van der Waals surface area contributed by atoms with Crippen LogP contribution in [0.2, 0.25) is 0 Å². The topological polar surface area (TPSA) is 12.4 Å². The van der Waals surface area contributed by atoms with Gasteiger partial charge in [0.25, 0.3) is 0 Å². The third-order valence-corrected chi connectivity index (χ3v) is 6.06. The lowest BCUT2D eigenvalue weighted by atomic mass is 9.72. The summed E-state index contributed by atoms with van der Waals surface area (Å²) >= 11 is 1.81. The van der Waals surface area contributed by atoms with Crippen LogP contribution in [0.3, 0.4) is 0 Å². The Bertz CT molecular complexity index is 1010. The van der Waals surface area contributed by atoms with Gasteiger partial charge in [0.15, 0.2) is 0 Å². The first-order chi connectivity index (χ1) is 12.9. The molecule has 0 aromatic heterocycles. The molecule has 5 rings (SSSR count). The van der Waals surface area contributed by atoms with Gasteiger partial charge in [-0.05, 0) is 35.4 Å². The van der Waals surface area contributed by atoms with Gasteiger partial charge in [-0.3, -0.25) is 0 Å². The highest BCUT2D eigenvalue weighted by molar-refractivity contribution is 8.04. The van der Waals surface area contributed by atoms with Crippen LogP contribution in [0.1, 0.15) is 11.1 Å². The van der Waals surface area contributed by atoms with E-state index in [9.17, 15) is 0 Å². The maximum atomic E-state index is 4.86. The second kappa shape index (κ2) is 6.15. The van der Waals surface area contributed by atoms with Crippen LogP contribution in [-0.4, -0.2) is 5.71 Å². The number of aliphatic imine (C=N–C) groups is 1. The molecule has 1 aliphatic carbocycles. The highest BCUT2D eigenvalue weighted by Crippen LogP contribution is 2.46. The second-order valence-corrected chi connectivity index (χ2v) is 7.59. The van der Waals surface area contributed by atoms with Crippen LogP contribution in [0, 0.1) is 0 Å². The Kier molecular flexibility index (Phi) is 3.65. The van der Waals surface area contributed by atoms with Gasteiger partial charge in [-0.15, -0.1) is 0 Å². The van der Waals surface area contributed by atoms with Gasteiger partial charge in [0, 0.05) is 9.80 Å². The highest BCUT2D eigenvalue weighted by atomic mass is 32.2. The molecule has 0 unspecified atom stereocenters. The minimum absolute atomic E-state index is 0.268. The Hall–Kier alpha value is -2.84. The van der Waals surface area contributed by atoms with Crippen LogP contribution in [0.5, 0.6) is 0 Å². The van der Waals surface area contributed by atoms with Crippen molar-refractivity contribution >= 4 is 23.2 Å². The molecule has 1 aliphatic heterocycles. The van der Waals surface area contributed by atoms with Crippen molar-refractivity contribution < 1.29 is 0 Å². The number of thioether (sulfide) groups is 1. The zero-order valence-corrected chi connectivity index (χ0v) is 15.0. The summed E-state index contributed by atoms with van der Waals surface area (Å²) in [6, 6.07) is 29.8. The molecule has 2 aliphatic rings. The molecule has 0 amide bonds. The number of hydrogen-bond acceptors (Lipinski definition) is 2. The normalized spacial score (nSPS) is 16.9. The standard InChI is InChI=1S/C24H17NS/c1-3-9-18(10-4-1)24(19-11-5-2-6-12-19)16-15-21-23(17-24)26-22-14-8-7-13-20(22)25-21/h1-17H. The minimum Gasteiger partial charge on any atom is -0.247 e. The van der Waals surface area contributed by atoms with E-state index in [1.165, 1.54) is 20.9 Å². The van der Waals surface area contributed by atoms with E-state index in [0.29, 0.717) is 0 Å². The van der Waals surface area contributed by atoms with E-state index in [1.807, 2.05) is 17.8 Å². The molecular formula is C24H17NS. The lowest BCUT2D eigenvalue weighted by Crippen LogP contribution is -2.27. The molecule has 124 valence electrons. The summed E-state index contributed by atoms with van der Waals surface area (Å²) in [5, 5.41) is 0. The van der Waals surface area contributed by atoms with E-state index < -0.39 is 0 Å². The maximum absolute atomic E-state index is 4.86. The average molecular weight is 351 g/mol. The predicted molar refractivity (Wildman–Crippen MR) is 110 cm³/mol. The predicted octanol–water partition coefficient (Wildman–Crippen LogP) is 6.30. The van der Waals surface area contributed by atoms with Gasteiger partial charge in [-0.1, -0.05) is 90.6 Å². The fourth-order valence-electron chi connectivity index (χ4n) is 3.63. The number of para-hydroxylation sites is 1. The summed E-state index contributed by atoms with van der Waals surface area (Å²) in [7, 11) is 0. The number of allylic oxidation sites excluding steroid dienone is 4. The van der Waals surface area contributed by atoms with Crippen LogP contribution in [-0.2, 0) is 5.41 Å². The molecule has 0 bridgehead atoms. The fraction of sp³-hybridized carbons (Fsp3) is 0.0417. The Morgan fingerprint density at radius 2 is 1.31 bits per heavy atom. The molecule has 3 aromatic rings.